The summed E-state index contributed by atoms with van der Waals surface area (Å²) in [5, 5.41) is 0. The average molecular weight is 288 g/mol. The largest absolute Gasteiger partial charge is 0.356 e. The Balaban J connectivity index is 2.68. The molecule has 0 aliphatic heterocycles. The van der Waals surface area contributed by atoms with E-state index in [1.165, 1.54) is 0 Å². The van der Waals surface area contributed by atoms with Gasteiger partial charge in [0.05, 0.1) is 0 Å². The van der Waals surface area contributed by atoms with E-state index in [2.05, 4.69) is 20.9 Å². The summed E-state index contributed by atoms with van der Waals surface area (Å²) >= 11 is 3.30. The second kappa shape index (κ2) is 5.01. The lowest BCUT2D eigenvalue weighted by atomic mass is 9.93. The van der Waals surface area contributed by atoms with Crippen molar-refractivity contribution < 1.29 is 4.79 Å². The number of aromatic amines is 1. The van der Waals surface area contributed by atoms with Crippen LogP contribution in [0.5, 0.6) is 0 Å². The van der Waals surface area contributed by atoms with Gasteiger partial charge in [-0.25, -0.2) is 0 Å². The number of hydrogen-bond acceptors (Lipinski definition) is 2. The summed E-state index contributed by atoms with van der Waals surface area (Å²) in [7, 11) is 1.79. The monoisotopic (exact) mass is 287 g/mol. The van der Waals surface area contributed by atoms with Gasteiger partial charge in [-0.05, 0) is 34.0 Å². The minimum absolute atomic E-state index is 0.0211. The SMILES string of the molecule is CN(CC(C)(C)CN)C(=O)c1cc(Br)c[nH]1. The highest BCUT2D eigenvalue weighted by Crippen LogP contribution is 2.17. The molecular weight excluding hydrogens is 270 g/mol. The molecule has 0 aromatic carbocycles. The number of halogens is 1. The van der Waals surface area contributed by atoms with Crippen LogP contribution in [0.15, 0.2) is 16.7 Å². The molecular formula is C11H18BrN3O. The van der Waals surface area contributed by atoms with Gasteiger partial charge in [0.25, 0.3) is 5.91 Å². The van der Waals surface area contributed by atoms with Crippen molar-refractivity contribution in [3.63, 3.8) is 0 Å². The topological polar surface area (TPSA) is 62.1 Å². The van der Waals surface area contributed by atoms with E-state index >= 15 is 0 Å². The lowest BCUT2D eigenvalue weighted by Gasteiger charge is -2.28. The van der Waals surface area contributed by atoms with Crippen LogP contribution >= 0.6 is 15.9 Å². The number of nitrogens with two attached hydrogens (primary N) is 1. The zero-order valence-electron chi connectivity index (χ0n) is 9.88. The maximum atomic E-state index is 12.0. The Bertz CT molecular complexity index is 373. The summed E-state index contributed by atoms with van der Waals surface area (Å²) in [5.74, 6) is -0.0211. The van der Waals surface area contributed by atoms with Crippen molar-refractivity contribution in [2.24, 2.45) is 11.1 Å². The van der Waals surface area contributed by atoms with Gasteiger partial charge < -0.3 is 15.6 Å². The Labute approximate surface area is 104 Å². The quantitative estimate of drug-likeness (QED) is 0.888. The number of carbonyl (C=O) groups is 1. The van der Waals surface area contributed by atoms with Crippen molar-refractivity contribution in [2.75, 3.05) is 20.1 Å². The first kappa shape index (κ1) is 13.3. The molecule has 0 unspecified atom stereocenters. The highest BCUT2D eigenvalue weighted by molar-refractivity contribution is 9.10. The summed E-state index contributed by atoms with van der Waals surface area (Å²) in [6.45, 7) is 5.28. The Morgan fingerprint density at radius 3 is 2.69 bits per heavy atom. The van der Waals surface area contributed by atoms with Gasteiger partial charge >= 0.3 is 0 Å². The van der Waals surface area contributed by atoms with Gasteiger partial charge in [0, 0.05) is 24.3 Å². The predicted molar refractivity (Wildman–Crippen MR) is 68.3 cm³/mol. The zero-order valence-corrected chi connectivity index (χ0v) is 11.5. The number of amides is 1. The first-order chi connectivity index (χ1) is 7.35. The minimum atomic E-state index is -0.0613. The summed E-state index contributed by atoms with van der Waals surface area (Å²) in [4.78, 5) is 16.6. The van der Waals surface area contributed by atoms with Crippen LogP contribution in [0, 0.1) is 5.41 Å². The molecule has 0 spiro atoms. The third-order valence-electron chi connectivity index (χ3n) is 2.44. The molecule has 90 valence electrons. The van der Waals surface area contributed by atoms with Crippen molar-refractivity contribution in [2.45, 2.75) is 13.8 Å². The van der Waals surface area contributed by atoms with E-state index in [0.29, 0.717) is 18.8 Å². The predicted octanol–water partition coefficient (Wildman–Crippen LogP) is 1.83. The number of carbonyl (C=O) groups excluding carboxylic acids is 1. The molecule has 1 aromatic rings. The van der Waals surface area contributed by atoms with E-state index in [1.54, 1.807) is 24.2 Å². The van der Waals surface area contributed by atoms with Crippen LogP contribution in [0.2, 0.25) is 0 Å². The van der Waals surface area contributed by atoms with E-state index in [0.717, 1.165) is 4.47 Å². The molecule has 0 saturated carbocycles. The van der Waals surface area contributed by atoms with E-state index < -0.39 is 0 Å². The lowest BCUT2D eigenvalue weighted by Crippen LogP contribution is -2.39. The highest BCUT2D eigenvalue weighted by atomic mass is 79.9. The zero-order chi connectivity index (χ0) is 12.3. The number of aromatic nitrogens is 1. The maximum Gasteiger partial charge on any atom is 0.270 e. The van der Waals surface area contributed by atoms with Crippen molar-refractivity contribution in [3.05, 3.63) is 22.4 Å². The standard InChI is InChI=1S/C11H18BrN3O/c1-11(2,6-13)7-15(3)10(16)9-4-8(12)5-14-9/h4-5,14H,6-7,13H2,1-3H3. The van der Waals surface area contributed by atoms with Crippen molar-refractivity contribution >= 4 is 21.8 Å². The molecule has 0 aliphatic rings. The van der Waals surface area contributed by atoms with Crippen LogP contribution < -0.4 is 5.73 Å². The maximum absolute atomic E-state index is 12.0. The number of nitrogens with zero attached hydrogens (tertiary/aromatic N) is 1. The summed E-state index contributed by atoms with van der Waals surface area (Å²) in [6, 6.07) is 1.77. The Hall–Kier alpha value is -0.810. The van der Waals surface area contributed by atoms with Gasteiger partial charge in [-0.1, -0.05) is 13.8 Å². The number of hydrogen-bond donors (Lipinski definition) is 2. The molecule has 1 aromatic heterocycles. The van der Waals surface area contributed by atoms with Gasteiger partial charge in [0.2, 0.25) is 0 Å². The molecule has 0 bridgehead atoms. The average Bonchev–Trinajstić information content (AvgIpc) is 2.63. The Morgan fingerprint density at radius 2 is 2.25 bits per heavy atom. The molecule has 0 fully saturated rings. The van der Waals surface area contributed by atoms with Crippen molar-refractivity contribution in [3.8, 4) is 0 Å². The van der Waals surface area contributed by atoms with Gasteiger partial charge in [-0.3, -0.25) is 4.79 Å². The lowest BCUT2D eigenvalue weighted by molar-refractivity contribution is 0.0735. The fourth-order valence-electron chi connectivity index (χ4n) is 1.48. The van der Waals surface area contributed by atoms with Crippen molar-refractivity contribution in [1.29, 1.82) is 0 Å². The normalized spacial score (nSPS) is 11.6. The fourth-order valence-corrected chi connectivity index (χ4v) is 1.82. The Kier molecular flexibility index (Phi) is 4.15. The van der Waals surface area contributed by atoms with Crippen LogP contribution in [0.3, 0.4) is 0 Å². The van der Waals surface area contributed by atoms with E-state index in [1.807, 2.05) is 13.8 Å². The van der Waals surface area contributed by atoms with Crippen LogP contribution in [0.25, 0.3) is 0 Å². The highest BCUT2D eigenvalue weighted by Gasteiger charge is 2.22. The number of nitrogens with one attached hydrogen (secondary N) is 1. The van der Waals surface area contributed by atoms with Gasteiger partial charge in [0.15, 0.2) is 0 Å². The molecule has 4 nitrogen and oxygen atoms in total. The van der Waals surface area contributed by atoms with Crippen molar-refractivity contribution in [1.82, 2.24) is 9.88 Å². The van der Waals surface area contributed by atoms with E-state index in [4.69, 9.17) is 5.73 Å². The molecule has 3 N–H and O–H groups in total. The fraction of sp³-hybridized carbons (Fsp3) is 0.545. The molecule has 0 atom stereocenters. The van der Waals surface area contributed by atoms with Gasteiger partial charge in [-0.15, -0.1) is 0 Å². The first-order valence-electron chi connectivity index (χ1n) is 5.15. The molecule has 1 heterocycles. The van der Waals surface area contributed by atoms with E-state index in [9.17, 15) is 4.79 Å². The van der Waals surface area contributed by atoms with Crippen LogP contribution in [-0.4, -0.2) is 35.9 Å². The smallest absolute Gasteiger partial charge is 0.270 e. The summed E-state index contributed by atoms with van der Waals surface area (Å²) in [5.41, 5.74) is 6.17. The van der Waals surface area contributed by atoms with Gasteiger partial charge in [0.1, 0.15) is 5.69 Å². The molecule has 16 heavy (non-hydrogen) atoms. The van der Waals surface area contributed by atoms with Crippen LogP contribution in [0.4, 0.5) is 0 Å². The molecule has 1 amide bonds. The molecule has 0 saturated heterocycles. The third kappa shape index (κ3) is 3.35. The van der Waals surface area contributed by atoms with Crippen LogP contribution in [-0.2, 0) is 0 Å². The molecule has 5 heteroatoms. The molecule has 1 rings (SSSR count). The number of H-pyrrole nitrogens is 1. The molecule has 0 aliphatic carbocycles. The second-order valence-electron chi connectivity index (χ2n) is 4.76. The first-order valence-corrected chi connectivity index (χ1v) is 5.94. The number of rotatable bonds is 4. The second-order valence-corrected chi connectivity index (χ2v) is 5.68. The summed E-state index contributed by atoms with van der Waals surface area (Å²) < 4.78 is 0.877. The summed E-state index contributed by atoms with van der Waals surface area (Å²) in [6.07, 6.45) is 1.75. The minimum Gasteiger partial charge on any atom is -0.356 e. The van der Waals surface area contributed by atoms with Crippen LogP contribution in [0.1, 0.15) is 24.3 Å². The molecule has 0 radical (unpaired) electrons. The third-order valence-corrected chi connectivity index (χ3v) is 2.90. The van der Waals surface area contributed by atoms with Gasteiger partial charge in [-0.2, -0.15) is 0 Å². The Morgan fingerprint density at radius 1 is 1.62 bits per heavy atom. The van der Waals surface area contributed by atoms with E-state index in [-0.39, 0.29) is 11.3 Å².